The predicted octanol–water partition coefficient (Wildman–Crippen LogP) is 4.26. The highest BCUT2D eigenvalue weighted by molar-refractivity contribution is 7.99. The zero-order valence-electron chi connectivity index (χ0n) is 19.3. The molecule has 9 nitrogen and oxygen atoms in total. The minimum atomic E-state index is -0.845. The molecular weight excluding hydrogens is 494 g/mol. The SMILES string of the molecule is O=c1ccc2ccc(OCC(O)CSc3nnc(-c4cccc(O)c4)c(-c4cccc(O)c4)n3)cc2o1. The van der Waals surface area contributed by atoms with Crippen molar-refractivity contribution in [1.82, 2.24) is 15.2 Å². The highest BCUT2D eigenvalue weighted by Gasteiger charge is 2.16. The number of benzene rings is 3. The minimum absolute atomic E-state index is 0.00376. The van der Waals surface area contributed by atoms with Crippen LogP contribution in [-0.4, -0.2) is 49.0 Å². The number of ether oxygens (including phenoxy) is 1. The molecule has 3 N–H and O–H groups in total. The Labute approximate surface area is 215 Å². The quantitative estimate of drug-likeness (QED) is 0.203. The summed E-state index contributed by atoms with van der Waals surface area (Å²) in [4.78, 5) is 16.1. The van der Waals surface area contributed by atoms with Crippen LogP contribution in [0.1, 0.15) is 0 Å². The molecule has 5 aromatic rings. The molecule has 0 saturated heterocycles. The fraction of sp³-hybridized carbons (Fsp3) is 0.111. The summed E-state index contributed by atoms with van der Waals surface area (Å²) in [5.41, 5.74) is 2.12. The molecule has 0 spiro atoms. The molecular formula is C27H21N3O6S. The highest BCUT2D eigenvalue weighted by atomic mass is 32.2. The third-order valence-corrected chi connectivity index (χ3v) is 6.33. The number of aromatic hydroxyl groups is 2. The van der Waals surface area contributed by atoms with Crippen molar-refractivity contribution in [3.8, 4) is 39.8 Å². The van der Waals surface area contributed by atoms with Crippen LogP contribution in [0.4, 0.5) is 0 Å². The lowest BCUT2D eigenvalue weighted by Gasteiger charge is -2.13. The Hall–Kier alpha value is -4.41. The van der Waals surface area contributed by atoms with E-state index in [0.29, 0.717) is 39.0 Å². The highest BCUT2D eigenvalue weighted by Crippen LogP contribution is 2.32. The number of hydrogen-bond donors (Lipinski definition) is 3. The number of fused-ring (bicyclic) bond motifs is 1. The lowest BCUT2D eigenvalue weighted by Crippen LogP contribution is -2.20. The largest absolute Gasteiger partial charge is 0.508 e. The van der Waals surface area contributed by atoms with Crippen molar-refractivity contribution in [3.63, 3.8) is 0 Å². The van der Waals surface area contributed by atoms with Crippen molar-refractivity contribution in [2.24, 2.45) is 0 Å². The van der Waals surface area contributed by atoms with Gasteiger partial charge in [-0.2, -0.15) is 0 Å². The van der Waals surface area contributed by atoms with Gasteiger partial charge in [0.05, 0.1) is 6.10 Å². The number of phenolic OH excluding ortho intramolecular Hbond substituents is 2. The summed E-state index contributed by atoms with van der Waals surface area (Å²) in [6.07, 6.45) is -0.845. The van der Waals surface area contributed by atoms with Crippen molar-refractivity contribution >= 4 is 22.7 Å². The number of nitrogens with zero attached hydrogens (tertiary/aromatic N) is 3. The molecule has 0 aliphatic rings. The molecule has 2 aromatic heterocycles. The van der Waals surface area contributed by atoms with Gasteiger partial charge in [-0.1, -0.05) is 36.0 Å². The molecule has 1 atom stereocenters. The summed E-state index contributed by atoms with van der Waals surface area (Å²) in [6, 6.07) is 21.3. The zero-order chi connectivity index (χ0) is 25.8. The van der Waals surface area contributed by atoms with E-state index in [9.17, 15) is 20.1 Å². The second kappa shape index (κ2) is 10.7. The summed E-state index contributed by atoms with van der Waals surface area (Å²) in [6.45, 7) is 0.00376. The van der Waals surface area contributed by atoms with Crippen LogP contribution in [0.25, 0.3) is 33.5 Å². The van der Waals surface area contributed by atoms with Gasteiger partial charge in [-0.25, -0.2) is 9.78 Å². The van der Waals surface area contributed by atoms with Gasteiger partial charge in [0.2, 0.25) is 5.16 Å². The molecule has 186 valence electrons. The lowest BCUT2D eigenvalue weighted by molar-refractivity contribution is 0.126. The Morgan fingerprint density at radius 3 is 2.30 bits per heavy atom. The van der Waals surface area contributed by atoms with Gasteiger partial charge in [0.25, 0.3) is 0 Å². The third-order valence-electron chi connectivity index (χ3n) is 5.35. The summed E-state index contributed by atoms with van der Waals surface area (Å²) < 4.78 is 10.8. The maximum Gasteiger partial charge on any atom is 0.336 e. The lowest BCUT2D eigenvalue weighted by atomic mass is 10.0. The molecule has 10 heteroatoms. The van der Waals surface area contributed by atoms with Crippen LogP contribution in [0.2, 0.25) is 0 Å². The molecule has 0 radical (unpaired) electrons. The van der Waals surface area contributed by atoms with Gasteiger partial charge in [0.1, 0.15) is 40.8 Å². The van der Waals surface area contributed by atoms with Gasteiger partial charge in [-0.15, -0.1) is 10.2 Å². The van der Waals surface area contributed by atoms with E-state index in [0.717, 1.165) is 5.39 Å². The average molecular weight is 516 g/mol. The minimum Gasteiger partial charge on any atom is -0.508 e. The van der Waals surface area contributed by atoms with Gasteiger partial charge in [-0.3, -0.25) is 0 Å². The first-order chi connectivity index (χ1) is 17.9. The maximum atomic E-state index is 11.4. The summed E-state index contributed by atoms with van der Waals surface area (Å²) >= 11 is 1.20. The standard InChI is InChI=1S/C27H21N3O6S/c31-19-5-1-3-17(11-19)25-26(18-4-2-6-20(32)12-18)29-30-27(28-25)37-15-21(33)14-35-22-9-7-16-8-10-24(34)36-23(16)13-22/h1-13,21,31-33H,14-15H2. The van der Waals surface area contributed by atoms with Gasteiger partial charge >= 0.3 is 5.63 Å². The fourth-order valence-corrected chi connectivity index (χ4v) is 4.31. The van der Waals surface area contributed by atoms with E-state index in [4.69, 9.17) is 9.15 Å². The van der Waals surface area contributed by atoms with Gasteiger partial charge in [0.15, 0.2) is 0 Å². The van der Waals surface area contributed by atoms with E-state index in [1.165, 1.54) is 17.8 Å². The van der Waals surface area contributed by atoms with Crippen molar-refractivity contribution in [2.75, 3.05) is 12.4 Å². The van der Waals surface area contributed by atoms with Crippen LogP contribution in [-0.2, 0) is 0 Å². The van der Waals surface area contributed by atoms with Crippen LogP contribution >= 0.6 is 11.8 Å². The number of thioether (sulfide) groups is 1. The molecule has 3 aromatic carbocycles. The van der Waals surface area contributed by atoms with Gasteiger partial charge < -0.3 is 24.5 Å². The topological polar surface area (TPSA) is 139 Å². The molecule has 0 bridgehead atoms. The zero-order valence-corrected chi connectivity index (χ0v) is 20.1. The Morgan fingerprint density at radius 2 is 1.57 bits per heavy atom. The van der Waals surface area contributed by atoms with Crippen molar-refractivity contribution < 1.29 is 24.5 Å². The predicted molar refractivity (Wildman–Crippen MR) is 139 cm³/mol. The van der Waals surface area contributed by atoms with Crippen molar-refractivity contribution in [2.45, 2.75) is 11.3 Å². The first-order valence-electron chi connectivity index (χ1n) is 11.3. The van der Waals surface area contributed by atoms with Crippen LogP contribution in [0.15, 0.2) is 93.2 Å². The van der Waals surface area contributed by atoms with E-state index < -0.39 is 11.7 Å². The fourth-order valence-electron chi connectivity index (χ4n) is 3.62. The van der Waals surface area contributed by atoms with Crippen molar-refractivity contribution in [1.29, 1.82) is 0 Å². The number of aliphatic hydroxyl groups is 1. The molecule has 5 rings (SSSR count). The van der Waals surface area contributed by atoms with Gasteiger partial charge in [0, 0.05) is 34.4 Å². The molecule has 0 aliphatic carbocycles. The Morgan fingerprint density at radius 1 is 0.865 bits per heavy atom. The third kappa shape index (κ3) is 5.88. The number of aliphatic hydroxyl groups excluding tert-OH is 1. The monoisotopic (exact) mass is 515 g/mol. The molecule has 0 fully saturated rings. The Bertz CT molecular complexity index is 1620. The van der Waals surface area contributed by atoms with E-state index in [1.807, 2.05) is 0 Å². The summed E-state index contributed by atoms with van der Waals surface area (Å²) in [7, 11) is 0. The number of aromatic nitrogens is 3. The normalized spacial score (nSPS) is 11.9. The first-order valence-corrected chi connectivity index (χ1v) is 12.2. The summed E-state index contributed by atoms with van der Waals surface area (Å²) in [5, 5.41) is 40.0. The molecule has 0 saturated carbocycles. The van der Waals surface area contributed by atoms with Crippen LogP contribution in [0, 0.1) is 0 Å². The van der Waals surface area contributed by atoms with E-state index in [2.05, 4.69) is 15.2 Å². The molecule has 0 aliphatic heterocycles. The van der Waals surface area contributed by atoms with Gasteiger partial charge in [-0.05, 0) is 42.5 Å². The molecule has 1 unspecified atom stereocenters. The number of phenols is 2. The van der Waals surface area contributed by atoms with Crippen LogP contribution < -0.4 is 10.4 Å². The average Bonchev–Trinajstić information content (AvgIpc) is 2.90. The smallest absolute Gasteiger partial charge is 0.336 e. The van der Waals surface area contributed by atoms with Crippen LogP contribution in [0.3, 0.4) is 0 Å². The van der Waals surface area contributed by atoms with E-state index in [1.54, 1.807) is 72.8 Å². The number of rotatable bonds is 8. The maximum absolute atomic E-state index is 11.4. The number of hydrogen-bond acceptors (Lipinski definition) is 10. The van der Waals surface area contributed by atoms with E-state index >= 15 is 0 Å². The first kappa shape index (κ1) is 24.3. The van der Waals surface area contributed by atoms with Crippen molar-refractivity contribution in [3.05, 3.63) is 89.3 Å². The molecule has 2 heterocycles. The Balaban J connectivity index is 1.30. The van der Waals surface area contributed by atoms with Crippen LogP contribution in [0.5, 0.6) is 17.2 Å². The second-order valence-electron chi connectivity index (χ2n) is 8.12. The molecule has 37 heavy (non-hydrogen) atoms. The Kier molecular flexibility index (Phi) is 7.02. The second-order valence-corrected chi connectivity index (χ2v) is 9.11. The summed E-state index contributed by atoms with van der Waals surface area (Å²) in [5.74, 6) is 0.851. The molecule has 0 amide bonds. The van der Waals surface area contributed by atoms with E-state index in [-0.39, 0.29) is 23.9 Å².